The van der Waals surface area contributed by atoms with Crippen molar-refractivity contribution < 1.29 is 13.9 Å². The summed E-state index contributed by atoms with van der Waals surface area (Å²) in [5, 5.41) is 0. The number of hydrogen-bond acceptors (Lipinski definition) is 2. The molecule has 16 heavy (non-hydrogen) atoms. The lowest BCUT2D eigenvalue weighted by Crippen LogP contribution is -2.28. The first kappa shape index (κ1) is 10.9. The summed E-state index contributed by atoms with van der Waals surface area (Å²) in [4.78, 5) is 13.6. The number of hydrogen-bond donors (Lipinski definition) is 0. The lowest BCUT2D eigenvalue weighted by Gasteiger charge is -2.15. The number of carbonyl (C=O) groups is 1. The smallest absolute Gasteiger partial charge is 0.256 e. The molecule has 1 aliphatic heterocycles. The first-order valence-corrected chi connectivity index (χ1v) is 5.35. The molecule has 0 atom stereocenters. The Kier molecular flexibility index (Phi) is 3.08. The first-order chi connectivity index (χ1) is 7.72. The average molecular weight is 223 g/mol. The molecule has 1 amide bonds. The van der Waals surface area contributed by atoms with Crippen LogP contribution in [0.15, 0.2) is 18.2 Å². The van der Waals surface area contributed by atoms with E-state index >= 15 is 0 Å². The Hall–Kier alpha value is -1.58. The topological polar surface area (TPSA) is 29.5 Å². The Morgan fingerprint density at radius 1 is 1.38 bits per heavy atom. The molecule has 0 aromatic heterocycles. The van der Waals surface area contributed by atoms with Gasteiger partial charge in [0, 0.05) is 19.2 Å². The Morgan fingerprint density at radius 3 is 2.62 bits per heavy atom. The summed E-state index contributed by atoms with van der Waals surface area (Å²) in [5.74, 6) is -0.315. The second-order valence-corrected chi connectivity index (χ2v) is 3.85. The molecule has 0 spiro atoms. The molecule has 0 radical (unpaired) electrons. The van der Waals surface area contributed by atoms with Crippen LogP contribution in [0.1, 0.15) is 23.2 Å². The number of amides is 1. The summed E-state index contributed by atoms with van der Waals surface area (Å²) in [6.45, 7) is 1.45. The fraction of sp³-hybridized carbons (Fsp3) is 0.417. The molecule has 86 valence electrons. The molecule has 1 aromatic carbocycles. The van der Waals surface area contributed by atoms with Crippen molar-refractivity contribution >= 4 is 5.91 Å². The zero-order valence-corrected chi connectivity index (χ0v) is 9.20. The minimum atomic E-state index is -0.517. The van der Waals surface area contributed by atoms with Crippen molar-refractivity contribution in [3.63, 3.8) is 0 Å². The lowest BCUT2D eigenvalue weighted by molar-refractivity contribution is 0.0788. The van der Waals surface area contributed by atoms with E-state index in [4.69, 9.17) is 4.74 Å². The Morgan fingerprint density at radius 2 is 2.06 bits per heavy atom. The fourth-order valence-corrected chi connectivity index (χ4v) is 1.89. The number of carbonyl (C=O) groups excluding carboxylic acids is 1. The van der Waals surface area contributed by atoms with E-state index in [-0.39, 0.29) is 11.5 Å². The molecule has 1 fully saturated rings. The number of likely N-dealkylation sites (tertiary alicyclic amines) is 1. The molecule has 1 aliphatic rings. The number of ether oxygens (including phenoxy) is 1. The van der Waals surface area contributed by atoms with Crippen molar-refractivity contribution in [2.75, 3.05) is 20.2 Å². The second-order valence-electron chi connectivity index (χ2n) is 3.85. The third-order valence-electron chi connectivity index (χ3n) is 2.80. The van der Waals surface area contributed by atoms with E-state index < -0.39 is 5.82 Å². The molecule has 0 saturated carbocycles. The SMILES string of the molecule is COc1ccc(C(=O)N2CCCC2)c(F)c1. The molecule has 2 rings (SSSR count). The first-order valence-electron chi connectivity index (χ1n) is 5.35. The van der Waals surface area contributed by atoms with Crippen LogP contribution in [-0.4, -0.2) is 31.0 Å². The molecule has 1 saturated heterocycles. The van der Waals surface area contributed by atoms with Crippen LogP contribution >= 0.6 is 0 Å². The van der Waals surface area contributed by atoms with Gasteiger partial charge in [-0.05, 0) is 25.0 Å². The van der Waals surface area contributed by atoms with Crippen molar-refractivity contribution in [1.29, 1.82) is 0 Å². The third kappa shape index (κ3) is 2.01. The zero-order chi connectivity index (χ0) is 11.5. The van der Waals surface area contributed by atoms with Gasteiger partial charge in [0.25, 0.3) is 5.91 Å². The second kappa shape index (κ2) is 4.51. The molecule has 0 N–H and O–H groups in total. The number of rotatable bonds is 2. The Bertz CT molecular complexity index is 400. The van der Waals surface area contributed by atoms with E-state index in [1.165, 1.54) is 19.2 Å². The van der Waals surface area contributed by atoms with Gasteiger partial charge in [0.05, 0.1) is 12.7 Å². The maximum absolute atomic E-state index is 13.6. The predicted octanol–water partition coefficient (Wildman–Crippen LogP) is 2.07. The molecule has 1 aromatic rings. The predicted molar refractivity (Wildman–Crippen MR) is 58.1 cm³/mol. The molecule has 0 unspecified atom stereocenters. The lowest BCUT2D eigenvalue weighted by atomic mass is 10.2. The van der Waals surface area contributed by atoms with Crippen LogP contribution in [-0.2, 0) is 0 Å². The Labute approximate surface area is 93.8 Å². The van der Waals surface area contributed by atoms with E-state index in [1.54, 1.807) is 11.0 Å². The van der Waals surface area contributed by atoms with E-state index in [1.807, 2.05) is 0 Å². The molecular weight excluding hydrogens is 209 g/mol. The highest BCUT2D eigenvalue weighted by Crippen LogP contribution is 2.19. The highest BCUT2D eigenvalue weighted by molar-refractivity contribution is 5.94. The van der Waals surface area contributed by atoms with Crippen molar-refractivity contribution in [3.05, 3.63) is 29.6 Å². The highest BCUT2D eigenvalue weighted by atomic mass is 19.1. The van der Waals surface area contributed by atoms with Gasteiger partial charge in [0.15, 0.2) is 0 Å². The third-order valence-corrected chi connectivity index (χ3v) is 2.80. The standard InChI is InChI=1S/C12H14FNO2/c1-16-9-4-5-10(11(13)8-9)12(15)14-6-2-3-7-14/h4-5,8H,2-3,6-7H2,1H3. The van der Waals surface area contributed by atoms with E-state index in [0.717, 1.165) is 25.9 Å². The normalized spacial score (nSPS) is 15.2. The van der Waals surface area contributed by atoms with Crippen LogP contribution in [0.4, 0.5) is 4.39 Å². The molecular formula is C12H14FNO2. The van der Waals surface area contributed by atoms with Gasteiger partial charge in [-0.2, -0.15) is 0 Å². The summed E-state index contributed by atoms with van der Waals surface area (Å²) in [6, 6.07) is 4.32. The molecule has 4 heteroatoms. The van der Waals surface area contributed by atoms with Gasteiger partial charge in [0.2, 0.25) is 0 Å². The average Bonchev–Trinajstić information content (AvgIpc) is 2.81. The summed E-state index contributed by atoms with van der Waals surface area (Å²) >= 11 is 0. The number of halogens is 1. The summed E-state index contributed by atoms with van der Waals surface area (Å²) in [6.07, 6.45) is 2.01. The van der Waals surface area contributed by atoms with E-state index in [2.05, 4.69) is 0 Å². The summed E-state index contributed by atoms with van der Waals surface area (Å²) < 4.78 is 18.5. The van der Waals surface area contributed by atoms with Gasteiger partial charge in [0.1, 0.15) is 11.6 Å². The van der Waals surface area contributed by atoms with Gasteiger partial charge < -0.3 is 9.64 Å². The monoisotopic (exact) mass is 223 g/mol. The van der Waals surface area contributed by atoms with Gasteiger partial charge >= 0.3 is 0 Å². The number of methoxy groups -OCH3 is 1. The van der Waals surface area contributed by atoms with E-state index in [0.29, 0.717) is 5.75 Å². The highest BCUT2D eigenvalue weighted by Gasteiger charge is 2.22. The molecule has 0 aliphatic carbocycles. The van der Waals surface area contributed by atoms with Gasteiger partial charge in [-0.15, -0.1) is 0 Å². The van der Waals surface area contributed by atoms with Crippen LogP contribution in [0.25, 0.3) is 0 Å². The van der Waals surface area contributed by atoms with Crippen LogP contribution < -0.4 is 4.74 Å². The van der Waals surface area contributed by atoms with Crippen LogP contribution in [0.3, 0.4) is 0 Å². The van der Waals surface area contributed by atoms with Gasteiger partial charge in [-0.25, -0.2) is 4.39 Å². The number of benzene rings is 1. The zero-order valence-electron chi connectivity index (χ0n) is 9.20. The van der Waals surface area contributed by atoms with E-state index in [9.17, 15) is 9.18 Å². The molecule has 0 bridgehead atoms. The van der Waals surface area contributed by atoms with Crippen molar-refractivity contribution in [3.8, 4) is 5.75 Å². The van der Waals surface area contributed by atoms with Crippen LogP contribution in [0.2, 0.25) is 0 Å². The summed E-state index contributed by atoms with van der Waals surface area (Å²) in [5.41, 5.74) is 0.128. The summed E-state index contributed by atoms with van der Waals surface area (Å²) in [7, 11) is 1.47. The maximum Gasteiger partial charge on any atom is 0.256 e. The van der Waals surface area contributed by atoms with Crippen LogP contribution in [0.5, 0.6) is 5.75 Å². The number of nitrogens with zero attached hydrogens (tertiary/aromatic N) is 1. The van der Waals surface area contributed by atoms with Crippen molar-refractivity contribution in [2.24, 2.45) is 0 Å². The Balaban J connectivity index is 2.22. The minimum Gasteiger partial charge on any atom is -0.497 e. The van der Waals surface area contributed by atoms with Crippen molar-refractivity contribution in [2.45, 2.75) is 12.8 Å². The maximum atomic E-state index is 13.6. The quantitative estimate of drug-likeness (QED) is 0.768. The van der Waals surface area contributed by atoms with Crippen molar-refractivity contribution in [1.82, 2.24) is 4.90 Å². The molecule has 1 heterocycles. The molecule has 3 nitrogen and oxygen atoms in total. The van der Waals surface area contributed by atoms with Gasteiger partial charge in [-0.1, -0.05) is 0 Å². The van der Waals surface area contributed by atoms with Gasteiger partial charge in [-0.3, -0.25) is 4.79 Å². The fourth-order valence-electron chi connectivity index (χ4n) is 1.89. The minimum absolute atomic E-state index is 0.128. The van der Waals surface area contributed by atoms with Crippen LogP contribution in [0, 0.1) is 5.82 Å². The largest absolute Gasteiger partial charge is 0.497 e.